The fourth-order valence-electron chi connectivity index (χ4n) is 2.30. The van der Waals surface area contributed by atoms with Gasteiger partial charge >= 0.3 is 0 Å². The molecular weight excluding hydrogens is 200 g/mol. The number of nitrogens with one attached hydrogen (secondary N) is 1. The minimum atomic E-state index is 0.322. The largest absolute Gasteiger partial charge is 0.342 e. The summed E-state index contributed by atoms with van der Waals surface area (Å²) >= 11 is 0. The highest BCUT2D eigenvalue weighted by atomic mass is 16.2. The fraction of sp³-hybridized carbons (Fsp3) is 0.769. The van der Waals surface area contributed by atoms with Crippen molar-refractivity contribution in [2.75, 3.05) is 26.7 Å². The average Bonchev–Trinajstić information content (AvgIpc) is 2.30. The highest BCUT2D eigenvalue weighted by Gasteiger charge is 2.22. The second-order valence-corrected chi connectivity index (χ2v) is 4.59. The van der Waals surface area contributed by atoms with Crippen LogP contribution in [0.1, 0.15) is 32.1 Å². The number of hydrogen-bond donors (Lipinski definition) is 1. The highest BCUT2D eigenvalue weighted by Crippen LogP contribution is 2.17. The summed E-state index contributed by atoms with van der Waals surface area (Å²) in [6.07, 6.45) is 6.84. The molecule has 1 unspecified atom stereocenters. The molecule has 1 fully saturated rings. The third kappa shape index (κ3) is 4.35. The van der Waals surface area contributed by atoms with Crippen LogP contribution in [0.25, 0.3) is 0 Å². The molecule has 0 aromatic rings. The summed E-state index contributed by atoms with van der Waals surface area (Å²) < 4.78 is 0. The van der Waals surface area contributed by atoms with Crippen LogP contribution in [0.15, 0.2) is 12.7 Å². The lowest BCUT2D eigenvalue weighted by molar-refractivity contribution is -0.133. The van der Waals surface area contributed by atoms with E-state index in [-0.39, 0.29) is 0 Å². The molecule has 3 heteroatoms. The SMILES string of the molecule is C=CCCCC(=O)N1CCCC(CNC)C1. The molecule has 1 atom stereocenters. The lowest BCUT2D eigenvalue weighted by atomic mass is 9.97. The van der Waals surface area contributed by atoms with Gasteiger partial charge in [0.15, 0.2) is 0 Å². The highest BCUT2D eigenvalue weighted by molar-refractivity contribution is 5.76. The van der Waals surface area contributed by atoms with Crippen LogP contribution in [0.5, 0.6) is 0 Å². The molecule has 0 spiro atoms. The van der Waals surface area contributed by atoms with Crippen molar-refractivity contribution in [1.82, 2.24) is 10.2 Å². The Balaban J connectivity index is 2.28. The van der Waals surface area contributed by atoms with Crippen molar-refractivity contribution >= 4 is 5.91 Å². The van der Waals surface area contributed by atoms with E-state index in [1.54, 1.807) is 0 Å². The van der Waals surface area contributed by atoms with Gasteiger partial charge in [0, 0.05) is 19.5 Å². The molecule has 92 valence electrons. The number of nitrogens with zero attached hydrogens (tertiary/aromatic N) is 1. The number of likely N-dealkylation sites (tertiary alicyclic amines) is 1. The van der Waals surface area contributed by atoms with Crippen LogP contribution < -0.4 is 5.32 Å². The molecule has 0 bridgehead atoms. The van der Waals surface area contributed by atoms with E-state index in [1.807, 2.05) is 18.0 Å². The number of piperidine rings is 1. The third-order valence-corrected chi connectivity index (χ3v) is 3.16. The van der Waals surface area contributed by atoms with Gasteiger partial charge in [0.2, 0.25) is 5.91 Å². The monoisotopic (exact) mass is 224 g/mol. The van der Waals surface area contributed by atoms with Gasteiger partial charge in [-0.05, 0) is 45.2 Å². The molecule has 0 radical (unpaired) electrons. The van der Waals surface area contributed by atoms with Gasteiger partial charge in [-0.3, -0.25) is 4.79 Å². The number of carbonyl (C=O) groups excluding carboxylic acids is 1. The molecule has 1 aliphatic rings. The molecule has 0 aromatic heterocycles. The molecule has 0 saturated carbocycles. The Morgan fingerprint density at radius 1 is 1.62 bits per heavy atom. The Labute approximate surface area is 98.9 Å². The van der Waals surface area contributed by atoms with Gasteiger partial charge in [0.1, 0.15) is 0 Å². The topological polar surface area (TPSA) is 32.3 Å². The van der Waals surface area contributed by atoms with Gasteiger partial charge in [-0.15, -0.1) is 6.58 Å². The quantitative estimate of drug-likeness (QED) is 0.551. The molecule has 1 saturated heterocycles. The van der Waals surface area contributed by atoms with E-state index in [9.17, 15) is 4.79 Å². The van der Waals surface area contributed by atoms with Gasteiger partial charge < -0.3 is 10.2 Å². The van der Waals surface area contributed by atoms with E-state index >= 15 is 0 Å². The normalized spacial score (nSPS) is 20.8. The Hall–Kier alpha value is -0.830. The zero-order valence-corrected chi connectivity index (χ0v) is 10.4. The van der Waals surface area contributed by atoms with Gasteiger partial charge in [0.05, 0.1) is 0 Å². The smallest absolute Gasteiger partial charge is 0.222 e. The Morgan fingerprint density at radius 2 is 2.44 bits per heavy atom. The number of unbranched alkanes of at least 4 members (excludes halogenated alkanes) is 1. The number of rotatable bonds is 6. The van der Waals surface area contributed by atoms with Gasteiger partial charge in [0.25, 0.3) is 0 Å². The molecule has 0 aromatic carbocycles. The van der Waals surface area contributed by atoms with Gasteiger partial charge in [-0.1, -0.05) is 6.08 Å². The first kappa shape index (κ1) is 13.2. The predicted octanol–water partition coefficient (Wildman–Crippen LogP) is 1.80. The van der Waals surface area contributed by atoms with E-state index < -0.39 is 0 Å². The summed E-state index contributed by atoms with van der Waals surface area (Å²) in [4.78, 5) is 13.9. The third-order valence-electron chi connectivity index (χ3n) is 3.16. The Kier molecular flexibility index (Phi) is 6.16. The molecule has 16 heavy (non-hydrogen) atoms. The molecular formula is C13H24N2O. The maximum absolute atomic E-state index is 11.9. The Bertz CT molecular complexity index is 226. The predicted molar refractivity (Wildman–Crippen MR) is 67.3 cm³/mol. The standard InChI is InChI=1S/C13H24N2O/c1-3-4-5-8-13(16)15-9-6-7-12(11-15)10-14-2/h3,12,14H,1,4-11H2,2H3. The zero-order chi connectivity index (χ0) is 11.8. The zero-order valence-electron chi connectivity index (χ0n) is 10.4. The lowest BCUT2D eigenvalue weighted by Crippen LogP contribution is -2.42. The van der Waals surface area contributed by atoms with Gasteiger partial charge in [-0.25, -0.2) is 0 Å². The summed E-state index contributed by atoms with van der Waals surface area (Å²) in [5.41, 5.74) is 0. The molecule has 1 aliphatic heterocycles. The molecule has 1 N–H and O–H groups in total. The summed E-state index contributed by atoms with van der Waals surface area (Å²) in [6.45, 7) is 6.59. The maximum atomic E-state index is 11.9. The summed E-state index contributed by atoms with van der Waals surface area (Å²) in [6, 6.07) is 0. The second-order valence-electron chi connectivity index (χ2n) is 4.59. The van der Waals surface area contributed by atoms with Crippen molar-refractivity contribution in [2.45, 2.75) is 32.1 Å². The molecule has 0 aliphatic carbocycles. The molecule has 1 rings (SSSR count). The first-order valence-corrected chi connectivity index (χ1v) is 6.31. The lowest BCUT2D eigenvalue weighted by Gasteiger charge is -2.32. The molecule has 3 nitrogen and oxygen atoms in total. The van der Waals surface area contributed by atoms with Crippen LogP contribution >= 0.6 is 0 Å². The molecule has 1 heterocycles. The minimum Gasteiger partial charge on any atom is -0.342 e. The van der Waals surface area contributed by atoms with Crippen molar-refractivity contribution in [3.8, 4) is 0 Å². The number of allylic oxidation sites excluding steroid dienone is 1. The van der Waals surface area contributed by atoms with Crippen LogP contribution in [0.3, 0.4) is 0 Å². The van der Waals surface area contributed by atoms with E-state index in [4.69, 9.17) is 0 Å². The van der Waals surface area contributed by atoms with Crippen molar-refractivity contribution in [3.63, 3.8) is 0 Å². The van der Waals surface area contributed by atoms with Crippen LogP contribution in [0, 0.1) is 5.92 Å². The van der Waals surface area contributed by atoms with E-state index in [0.717, 1.165) is 38.9 Å². The van der Waals surface area contributed by atoms with E-state index in [0.29, 0.717) is 18.2 Å². The van der Waals surface area contributed by atoms with Crippen molar-refractivity contribution in [3.05, 3.63) is 12.7 Å². The first-order chi connectivity index (χ1) is 7.77. The fourth-order valence-corrected chi connectivity index (χ4v) is 2.30. The first-order valence-electron chi connectivity index (χ1n) is 6.31. The van der Waals surface area contributed by atoms with Crippen molar-refractivity contribution in [1.29, 1.82) is 0 Å². The van der Waals surface area contributed by atoms with Crippen molar-refractivity contribution in [2.24, 2.45) is 5.92 Å². The Morgan fingerprint density at radius 3 is 3.12 bits per heavy atom. The van der Waals surface area contributed by atoms with E-state index in [2.05, 4.69) is 11.9 Å². The summed E-state index contributed by atoms with van der Waals surface area (Å²) in [5, 5.41) is 3.20. The maximum Gasteiger partial charge on any atom is 0.222 e. The molecule has 1 amide bonds. The summed E-state index contributed by atoms with van der Waals surface area (Å²) in [5.74, 6) is 0.963. The van der Waals surface area contributed by atoms with Crippen LogP contribution in [-0.2, 0) is 4.79 Å². The minimum absolute atomic E-state index is 0.322. The average molecular weight is 224 g/mol. The number of hydrogen-bond acceptors (Lipinski definition) is 2. The number of amides is 1. The summed E-state index contributed by atoms with van der Waals surface area (Å²) in [7, 11) is 1.98. The number of carbonyl (C=O) groups is 1. The van der Waals surface area contributed by atoms with Crippen LogP contribution in [0.4, 0.5) is 0 Å². The van der Waals surface area contributed by atoms with Gasteiger partial charge in [-0.2, -0.15) is 0 Å². The van der Waals surface area contributed by atoms with Crippen LogP contribution in [-0.4, -0.2) is 37.5 Å². The second kappa shape index (κ2) is 7.44. The van der Waals surface area contributed by atoms with Crippen LogP contribution in [0.2, 0.25) is 0 Å². The van der Waals surface area contributed by atoms with E-state index in [1.165, 1.54) is 6.42 Å². The van der Waals surface area contributed by atoms with Crippen molar-refractivity contribution < 1.29 is 4.79 Å².